The van der Waals surface area contributed by atoms with Gasteiger partial charge < -0.3 is 4.90 Å². The Labute approximate surface area is 130 Å². The van der Waals surface area contributed by atoms with Crippen molar-refractivity contribution in [2.24, 2.45) is 0 Å². The quantitative estimate of drug-likeness (QED) is 0.840. The molecule has 1 aliphatic rings. The Balaban J connectivity index is 1.70. The van der Waals surface area contributed by atoms with Crippen molar-refractivity contribution in [1.29, 1.82) is 0 Å². The van der Waals surface area contributed by atoms with Crippen LogP contribution in [0.25, 0.3) is 0 Å². The molecule has 0 bridgehead atoms. The lowest BCUT2D eigenvalue weighted by Crippen LogP contribution is -2.32. The fraction of sp³-hybridized carbons (Fsp3) is 0.316. The molecule has 0 saturated carbocycles. The van der Waals surface area contributed by atoms with Crippen molar-refractivity contribution < 1.29 is 9.18 Å². The summed E-state index contributed by atoms with van der Waals surface area (Å²) in [4.78, 5) is 14.5. The van der Waals surface area contributed by atoms with Crippen LogP contribution in [0.3, 0.4) is 0 Å². The van der Waals surface area contributed by atoms with Gasteiger partial charge >= 0.3 is 0 Å². The normalized spacial score (nSPS) is 19.2. The van der Waals surface area contributed by atoms with Crippen LogP contribution in [0.4, 0.5) is 4.39 Å². The van der Waals surface area contributed by atoms with Gasteiger partial charge in [0.05, 0.1) is 5.92 Å². The summed E-state index contributed by atoms with van der Waals surface area (Å²) in [6.45, 7) is 3.25. The summed E-state index contributed by atoms with van der Waals surface area (Å²) in [6, 6.07) is 16.7. The Hall–Kier alpha value is -2.16. The minimum absolute atomic E-state index is 0.105. The summed E-state index contributed by atoms with van der Waals surface area (Å²) in [5, 5.41) is 0. The van der Waals surface area contributed by atoms with Crippen LogP contribution in [0.5, 0.6) is 0 Å². The summed E-state index contributed by atoms with van der Waals surface area (Å²) in [5.74, 6) is -0.0864. The molecule has 3 rings (SSSR count). The molecule has 1 aliphatic heterocycles. The lowest BCUT2D eigenvalue weighted by Gasteiger charge is -2.21. The molecule has 0 aromatic heterocycles. The highest BCUT2D eigenvalue weighted by atomic mass is 19.1. The first-order valence-corrected chi connectivity index (χ1v) is 7.75. The third-order valence-corrected chi connectivity index (χ3v) is 4.51. The van der Waals surface area contributed by atoms with Crippen LogP contribution in [0, 0.1) is 5.82 Å². The van der Waals surface area contributed by atoms with E-state index in [1.165, 1.54) is 6.07 Å². The standard InChI is InChI=1S/C19H20FNO/c1-14(15-7-3-2-4-8-15)19(22)21-12-11-16(13-21)17-9-5-6-10-18(17)20/h2-10,14,16H,11-13H2,1H3/t14-,16?/m0/s1. The third-order valence-electron chi connectivity index (χ3n) is 4.51. The predicted molar refractivity (Wildman–Crippen MR) is 85.2 cm³/mol. The molecule has 114 valence electrons. The molecule has 1 saturated heterocycles. The SMILES string of the molecule is C[C@H](C(=O)N1CCC(c2ccccc2F)C1)c1ccccc1. The van der Waals surface area contributed by atoms with Gasteiger partial charge in [-0.2, -0.15) is 0 Å². The molecule has 0 N–H and O–H groups in total. The van der Waals surface area contributed by atoms with Crippen LogP contribution in [0.15, 0.2) is 54.6 Å². The number of rotatable bonds is 3. The van der Waals surface area contributed by atoms with Gasteiger partial charge in [0.15, 0.2) is 0 Å². The number of hydrogen-bond acceptors (Lipinski definition) is 1. The summed E-state index contributed by atoms with van der Waals surface area (Å²) in [7, 11) is 0. The fourth-order valence-electron chi connectivity index (χ4n) is 3.18. The first-order valence-electron chi connectivity index (χ1n) is 7.75. The van der Waals surface area contributed by atoms with Crippen LogP contribution >= 0.6 is 0 Å². The highest BCUT2D eigenvalue weighted by Gasteiger charge is 2.31. The second-order valence-corrected chi connectivity index (χ2v) is 5.92. The second-order valence-electron chi connectivity index (χ2n) is 5.92. The topological polar surface area (TPSA) is 20.3 Å². The van der Waals surface area contributed by atoms with Gasteiger partial charge in [0.2, 0.25) is 5.91 Å². The van der Waals surface area contributed by atoms with Crippen molar-refractivity contribution >= 4 is 5.91 Å². The van der Waals surface area contributed by atoms with E-state index in [1.807, 2.05) is 54.3 Å². The van der Waals surface area contributed by atoms with E-state index >= 15 is 0 Å². The van der Waals surface area contributed by atoms with Crippen LogP contribution in [-0.2, 0) is 4.79 Å². The van der Waals surface area contributed by atoms with E-state index in [9.17, 15) is 9.18 Å². The van der Waals surface area contributed by atoms with Crippen LogP contribution < -0.4 is 0 Å². The molecule has 1 fully saturated rings. The molecule has 1 unspecified atom stereocenters. The highest BCUT2D eigenvalue weighted by molar-refractivity contribution is 5.83. The number of carbonyl (C=O) groups is 1. The van der Waals surface area contributed by atoms with E-state index in [0.717, 1.165) is 17.5 Å². The van der Waals surface area contributed by atoms with Crippen LogP contribution in [0.2, 0.25) is 0 Å². The van der Waals surface area contributed by atoms with Crippen molar-refractivity contribution in [3.8, 4) is 0 Å². The maximum absolute atomic E-state index is 13.9. The number of amides is 1. The zero-order valence-corrected chi connectivity index (χ0v) is 12.7. The van der Waals surface area contributed by atoms with Gasteiger partial charge in [0, 0.05) is 19.0 Å². The molecule has 3 heteroatoms. The lowest BCUT2D eigenvalue weighted by atomic mass is 9.97. The van der Waals surface area contributed by atoms with Crippen LogP contribution in [0.1, 0.15) is 36.3 Å². The molecule has 2 aromatic rings. The summed E-state index contributed by atoms with van der Waals surface area (Å²) >= 11 is 0. The molecule has 2 nitrogen and oxygen atoms in total. The van der Waals surface area contributed by atoms with Gasteiger partial charge in [0.25, 0.3) is 0 Å². The van der Waals surface area contributed by atoms with Gasteiger partial charge in [0.1, 0.15) is 5.82 Å². The fourth-order valence-corrected chi connectivity index (χ4v) is 3.18. The minimum atomic E-state index is -0.169. The van der Waals surface area contributed by atoms with Gasteiger partial charge in [-0.1, -0.05) is 48.5 Å². The molecule has 1 amide bonds. The average molecular weight is 297 g/mol. The van der Waals surface area contributed by atoms with Gasteiger partial charge in [-0.3, -0.25) is 4.79 Å². The maximum atomic E-state index is 13.9. The zero-order valence-electron chi connectivity index (χ0n) is 12.7. The largest absolute Gasteiger partial charge is 0.342 e. The second kappa shape index (κ2) is 6.30. The smallest absolute Gasteiger partial charge is 0.229 e. The highest BCUT2D eigenvalue weighted by Crippen LogP contribution is 2.31. The maximum Gasteiger partial charge on any atom is 0.229 e. The lowest BCUT2D eigenvalue weighted by molar-refractivity contribution is -0.131. The number of carbonyl (C=O) groups excluding carboxylic acids is 1. The Morgan fingerprint density at radius 2 is 1.82 bits per heavy atom. The van der Waals surface area contributed by atoms with Crippen molar-refractivity contribution in [2.75, 3.05) is 13.1 Å². The monoisotopic (exact) mass is 297 g/mol. The average Bonchev–Trinajstić information content (AvgIpc) is 3.04. The van der Waals surface area contributed by atoms with E-state index in [0.29, 0.717) is 13.1 Å². The molecular weight excluding hydrogens is 277 g/mol. The minimum Gasteiger partial charge on any atom is -0.342 e. The van der Waals surface area contributed by atoms with E-state index in [4.69, 9.17) is 0 Å². The predicted octanol–water partition coefficient (Wildman–Crippen LogP) is 3.95. The molecule has 22 heavy (non-hydrogen) atoms. The van der Waals surface area contributed by atoms with E-state index in [2.05, 4.69) is 0 Å². The molecule has 0 radical (unpaired) electrons. The third kappa shape index (κ3) is 2.89. The zero-order chi connectivity index (χ0) is 15.5. The Morgan fingerprint density at radius 3 is 2.55 bits per heavy atom. The number of likely N-dealkylation sites (tertiary alicyclic amines) is 1. The summed E-state index contributed by atoms with van der Waals surface area (Å²) in [5.41, 5.74) is 1.76. The molecular formula is C19H20FNO. The Morgan fingerprint density at radius 1 is 1.14 bits per heavy atom. The summed E-state index contributed by atoms with van der Waals surface area (Å²) < 4.78 is 13.9. The first kappa shape index (κ1) is 14.8. The number of hydrogen-bond donors (Lipinski definition) is 0. The molecule has 1 heterocycles. The number of nitrogens with zero attached hydrogens (tertiary/aromatic N) is 1. The summed E-state index contributed by atoms with van der Waals surface area (Å²) in [6.07, 6.45) is 0.828. The number of halogens is 1. The van der Waals surface area contributed by atoms with Gasteiger partial charge in [-0.05, 0) is 30.5 Å². The number of benzene rings is 2. The van der Waals surface area contributed by atoms with Crippen molar-refractivity contribution in [3.63, 3.8) is 0 Å². The molecule has 0 aliphatic carbocycles. The Bertz CT molecular complexity index is 655. The molecule has 2 aromatic carbocycles. The Kier molecular flexibility index (Phi) is 4.23. The van der Waals surface area contributed by atoms with Gasteiger partial charge in [-0.25, -0.2) is 4.39 Å². The van der Waals surface area contributed by atoms with Crippen LogP contribution in [-0.4, -0.2) is 23.9 Å². The van der Waals surface area contributed by atoms with E-state index in [-0.39, 0.29) is 23.6 Å². The molecule has 2 atom stereocenters. The van der Waals surface area contributed by atoms with Crippen molar-refractivity contribution in [1.82, 2.24) is 4.90 Å². The first-order chi connectivity index (χ1) is 10.7. The molecule has 0 spiro atoms. The van der Waals surface area contributed by atoms with Crippen molar-refractivity contribution in [3.05, 3.63) is 71.5 Å². The van der Waals surface area contributed by atoms with Gasteiger partial charge in [-0.15, -0.1) is 0 Å². The van der Waals surface area contributed by atoms with E-state index in [1.54, 1.807) is 6.07 Å². The van der Waals surface area contributed by atoms with Crippen molar-refractivity contribution in [2.45, 2.75) is 25.2 Å². The van der Waals surface area contributed by atoms with E-state index < -0.39 is 0 Å².